The highest BCUT2D eigenvalue weighted by molar-refractivity contribution is 7.16. The summed E-state index contributed by atoms with van der Waals surface area (Å²) in [6.45, 7) is 3.19. The van der Waals surface area contributed by atoms with Gasteiger partial charge in [-0.2, -0.15) is 5.26 Å². The zero-order chi connectivity index (χ0) is 26.6. The van der Waals surface area contributed by atoms with Crippen molar-refractivity contribution in [2.45, 2.75) is 69.7 Å². The Bertz CT molecular complexity index is 1450. The molecular formula is C28H34N8OS. The summed E-state index contributed by atoms with van der Waals surface area (Å²) in [6, 6.07) is 2.71. The molecule has 6 rings (SSSR count). The second-order valence-electron chi connectivity index (χ2n) is 11.0. The molecule has 3 aromatic rings. The predicted octanol–water partition coefficient (Wildman–Crippen LogP) is 4.75. The zero-order valence-corrected chi connectivity index (χ0v) is 23.0. The number of likely N-dealkylation sites (tertiary alicyclic amines) is 1. The average molecular weight is 531 g/mol. The van der Waals surface area contributed by atoms with Crippen LogP contribution in [-0.2, 0) is 18.3 Å². The van der Waals surface area contributed by atoms with Crippen molar-refractivity contribution in [3.63, 3.8) is 0 Å². The maximum Gasteiger partial charge on any atom is 0.182 e. The number of rotatable bonds is 5. The molecule has 3 aromatic heterocycles. The number of nitrogens with zero attached hydrogens (tertiary/aromatic N) is 5. The third-order valence-corrected chi connectivity index (χ3v) is 10.1. The summed E-state index contributed by atoms with van der Waals surface area (Å²) in [7, 11) is 3.97. The number of anilines is 2. The molecule has 1 fully saturated rings. The second kappa shape index (κ2) is 9.47. The molecule has 0 bridgehead atoms. The lowest BCUT2D eigenvalue weighted by atomic mass is 9.63. The number of hydrogen-bond donors (Lipinski definition) is 3. The molecule has 3 unspecified atom stereocenters. The first-order valence-electron chi connectivity index (χ1n) is 13.5. The number of fused-ring (bicyclic) bond motifs is 4. The van der Waals surface area contributed by atoms with Crippen molar-refractivity contribution in [1.82, 2.24) is 20.0 Å². The fourth-order valence-corrected chi connectivity index (χ4v) is 8.24. The van der Waals surface area contributed by atoms with Gasteiger partial charge in [0.15, 0.2) is 17.3 Å². The monoisotopic (exact) mass is 530 g/mol. The van der Waals surface area contributed by atoms with Crippen molar-refractivity contribution >= 4 is 27.7 Å². The topological polar surface area (TPSA) is 141 Å². The molecule has 1 saturated heterocycles. The van der Waals surface area contributed by atoms with Crippen molar-refractivity contribution in [3.05, 3.63) is 39.2 Å². The van der Waals surface area contributed by atoms with Crippen LogP contribution in [0.25, 0.3) is 11.5 Å². The maximum atomic E-state index is 9.96. The minimum atomic E-state index is -0.381. The minimum Gasteiger partial charge on any atom is -0.389 e. The van der Waals surface area contributed by atoms with E-state index in [9.17, 15) is 5.26 Å². The molecule has 1 aliphatic heterocycles. The van der Waals surface area contributed by atoms with Gasteiger partial charge in [-0.15, -0.1) is 11.3 Å². The van der Waals surface area contributed by atoms with Crippen LogP contribution in [0.4, 0.5) is 10.7 Å². The van der Waals surface area contributed by atoms with Crippen LogP contribution in [0.3, 0.4) is 0 Å². The first-order valence-corrected chi connectivity index (χ1v) is 14.4. The third-order valence-electron chi connectivity index (χ3n) is 8.99. The van der Waals surface area contributed by atoms with Crippen LogP contribution in [0.5, 0.6) is 0 Å². The number of aryl methyl sites for hydroxylation is 1. The quantitative estimate of drug-likeness (QED) is 0.402. The van der Waals surface area contributed by atoms with Crippen LogP contribution >= 0.6 is 11.3 Å². The molecule has 4 N–H and O–H groups in total. The Balaban J connectivity index is 1.43. The van der Waals surface area contributed by atoms with Gasteiger partial charge in [0.2, 0.25) is 0 Å². The lowest BCUT2D eigenvalue weighted by molar-refractivity contribution is 0.265. The first-order chi connectivity index (χ1) is 18.4. The number of hydrogen-bond acceptors (Lipinski definition) is 10. The van der Waals surface area contributed by atoms with E-state index in [4.69, 9.17) is 20.7 Å². The van der Waals surface area contributed by atoms with E-state index in [1.54, 1.807) is 17.5 Å². The Morgan fingerprint density at radius 2 is 2.13 bits per heavy atom. The van der Waals surface area contributed by atoms with Gasteiger partial charge < -0.3 is 25.9 Å². The number of nitriles is 1. The molecule has 2 aliphatic carbocycles. The summed E-state index contributed by atoms with van der Waals surface area (Å²) in [5.41, 5.74) is 11.1. The van der Waals surface area contributed by atoms with Crippen LogP contribution in [0, 0.1) is 22.7 Å². The summed E-state index contributed by atoms with van der Waals surface area (Å²) < 4.78 is 6.15. The van der Waals surface area contributed by atoms with Gasteiger partial charge in [-0.05, 0) is 70.5 Å². The van der Waals surface area contributed by atoms with E-state index in [1.165, 1.54) is 4.88 Å². The van der Waals surface area contributed by atoms with Crippen molar-refractivity contribution < 1.29 is 4.52 Å². The molecule has 3 atom stereocenters. The maximum absolute atomic E-state index is 9.96. The van der Waals surface area contributed by atoms with Crippen LogP contribution in [0.15, 0.2) is 10.7 Å². The van der Waals surface area contributed by atoms with Gasteiger partial charge in [0.1, 0.15) is 16.8 Å². The number of nitrogen functional groups attached to an aromatic ring is 1. The number of nitrogens with one attached hydrogen (secondary N) is 2. The van der Waals surface area contributed by atoms with Gasteiger partial charge in [-0.1, -0.05) is 12.1 Å². The fourth-order valence-electron chi connectivity index (χ4n) is 7.08. The molecule has 9 nitrogen and oxygen atoms in total. The van der Waals surface area contributed by atoms with E-state index < -0.39 is 0 Å². The third kappa shape index (κ3) is 3.67. The Hall–Kier alpha value is -3.29. The largest absolute Gasteiger partial charge is 0.389 e. The summed E-state index contributed by atoms with van der Waals surface area (Å²) in [6.07, 6.45) is 9.57. The fraction of sp³-hybridized carbons (Fsp3) is 0.536. The van der Waals surface area contributed by atoms with Crippen LogP contribution in [0.2, 0.25) is 0 Å². The van der Waals surface area contributed by atoms with Crippen molar-refractivity contribution in [3.8, 4) is 17.6 Å². The molecule has 10 heteroatoms. The van der Waals surface area contributed by atoms with Crippen molar-refractivity contribution in [1.29, 1.82) is 10.7 Å². The molecule has 0 amide bonds. The highest BCUT2D eigenvalue weighted by Crippen LogP contribution is 2.55. The summed E-state index contributed by atoms with van der Waals surface area (Å²) >= 11 is 1.54. The molecule has 0 saturated carbocycles. The van der Waals surface area contributed by atoms with E-state index in [0.717, 1.165) is 80.5 Å². The summed E-state index contributed by atoms with van der Waals surface area (Å²) in [5.74, 6) is 1.37. The SMILES string of the molecule is CNc1cnc(-c2noc3c2CCCC32CCCc3sc(N)c(C#N)c32)nc1C(=N)C(C)C1CCCN1C. The summed E-state index contributed by atoms with van der Waals surface area (Å²) in [4.78, 5) is 13.1. The lowest BCUT2D eigenvalue weighted by Crippen LogP contribution is -2.36. The standard InChI is InChI=1S/C28H34N8OS/c1-15(19-8-6-12-36(19)3)22(30)24-18(32-2)14-33-27(34-24)23-16-7-4-10-28(25(16)37-35-23)11-5-9-20-21(28)17(13-29)26(31)38-20/h14-15,19,30,32H,4-12,31H2,1-3H3. The van der Waals surface area contributed by atoms with E-state index in [-0.39, 0.29) is 11.3 Å². The van der Waals surface area contributed by atoms with E-state index in [1.807, 2.05) is 7.05 Å². The lowest BCUT2D eigenvalue weighted by Gasteiger charge is -2.39. The first kappa shape index (κ1) is 25.0. The highest BCUT2D eigenvalue weighted by Gasteiger charge is 2.48. The Morgan fingerprint density at radius 1 is 1.34 bits per heavy atom. The average Bonchev–Trinajstić information content (AvgIpc) is 3.64. The van der Waals surface area contributed by atoms with Crippen LogP contribution in [-0.4, -0.2) is 52.4 Å². The van der Waals surface area contributed by atoms with E-state index in [0.29, 0.717) is 39.5 Å². The normalized spacial score (nSPS) is 23.6. The second-order valence-corrected chi connectivity index (χ2v) is 12.1. The molecule has 198 valence electrons. The zero-order valence-electron chi connectivity index (χ0n) is 22.2. The number of thiophene rings is 1. The van der Waals surface area contributed by atoms with E-state index in [2.05, 4.69) is 40.4 Å². The molecular weight excluding hydrogens is 496 g/mol. The smallest absolute Gasteiger partial charge is 0.182 e. The predicted molar refractivity (Wildman–Crippen MR) is 149 cm³/mol. The molecule has 3 aliphatic rings. The molecule has 1 spiro atoms. The minimum absolute atomic E-state index is 0.0426. The van der Waals surface area contributed by atoms with Gasteiger partial charge in [0.25, 0.3) is 0 Å². The number of aromatic nitrogens is 3. The van der Waals surface area contributed by atoms with Crippen molar-refractivity contribution in [2.75, 3.05) is 31.7 Å². The highest BCUT2D eigenvalue weighted by atomic mass is 32.1. The molecule has 4 heterocycles. The Kier molecular flexibility index (Phi) is 6.23. The molecule has 0 radical (unpaired) electrons. The van der Waals surface area contributed by atoms with E-state index >= 15 is 0 Å². The van der Waals surface area contributed by atoms with Crippen LogP contribution < -0.4 is 11.1 Å². The van der Waals surface area contributed by atoms with Gasteiger partial charge in [-0.3, -0.25) is 0 Å². The molecule has 0 aromatic carbocycles. The summed E-state index contributed by atoms with van der Waals surface area (Å²) in [5, 5.41) is 27.4. The van der Waals surface area contributed by atoms with Gasteiger partial charge in [0.05, 0.1) is 28.6 Å². The molecule has 38 heavy (non-hydrogen) atoms. The Morgan fingerprint density at radius 3 is 2.84 bits per heavy atom. The van der Waals surface area contributed by atoms with Crippen LogP contribution in [0.1, 0.15) is 78.5 Å². The van der Waals surface area contributed by atoms with Gasteiger partial charge in [0, 0.05) is 29.4 Å². The number of nitrogens with two attached hydrogens (primary N) is 1. The van der Waals surface area contributed by atoms with Gasteiger partial charge >= 0.3 is 0 Å². The Labute approximate surface area is 227 Å². The van der Waals surface area contributed by atoms with Crippen molar-refractivity contribution in [2.24, 2.45) is 5.92 Å². The van der Waals surface area contributed by atoms with Gasteiger partial charge in [-0.25, -0.2) is 9.97 Å².